The summed E-state index contributed by atoms with van der Waals surface area (Å²) in [4.78, 5) is 22.5. The van der Waals surface area contributed by atoms with Gasteiger partial charge in [0.1, 0.15) is 0 Å². The molecule has 116 valence electrons. The fourth-order valence-corrected chi connectivity index (χ4v) is 1.52. The van der Waals surface area contributed by atoms with Crippen molar-refractivity contribution in [1.29, 1.82) is 0 Å². The molecule has 0 fully saturated rings. The largest absolute Gasteiger partial charge is 0.491 e. The van der Waals surface area contributed by atoms with Crippen LogP contribution in [-0.2, 0) is 9.53 Å². The molecule has 8 heteroatoms. The van der Waals surface area contributed by atoms with Gasteiger partial charge in [0.05, 0.1) is 13.2 Å². The average Bonchev–Trinajstić information content (AvgIpc) is 2.41. The second kappa shape index (κ2) is 8.05. The van der Waals surface area contributed by atoms with Gasteiger partial charge < -0.3 is 25.2 Å². The topological polar surface area (TPSA) is 96.9 Å². The number of anilines is 1. The van der Waals surface area contributed by atoms with E-state index >= 15 is 0 Å². The van der Waals surface area contributed by atoms with E-state index in [1.54, 1.807) is 6.92 Å². The number of benzene rings is 1. The zero-order chi connectivity index (χ0) is 15.8. The molecule has 7 nitrogen and oxygen atoms in total. The first-order valence-corrected chi connectivity index (χ1v) is 6.19. The molecule has 0 spiro atoms. The molecule has 0 heterocycles. The fraction of sp³-hybridized carbons (Fsp3) is 0.385. The molecule has 0 aliphatic rings. The number of hydrogen-bond donors (Lipinski definition) is 3. The molecule has 0 saturated carbocycles. The molecule has 1 atom stereocenters. The summed E-state index contributed by atoms with van der Waals surface area (Å²) in [6, 6.07) is 1.93. The molecule has 0 saturated heterocycles. The van der Waals surface area contributed by atoms with Crippen molar-refractivity contribution >= 4 is 17.7 Å². The molecule has 1 aromatic rings. The predicted octanol–water partition coefficient (Wildman–Crippen LogP) is 1.45. The van der Waals surface area contributed by atoms with Gasteiger partial charge in [-0.3, -0.25) is 0 Å². The maximum absolute atomic E-state index is 13.6. The number of carboxylic acids is 1. The van der Waals surface area contributed by atoms with Crippen LogP contribution < -0.4 is 15.4 Å². The summed E-state index contributed by atoms with van der Waals surface area (Å²) in [6.07, 6.45) is 0. The second-order valence-corrected chi connectivity index (χ2v) is 4.02. The number of aliphatic carboxylic acids is 1. The smallest absolute Gasteiger partial charge is 0.328 e. The van der Waals surface area contributed by atoms with Crippen molar-refractivity contribution in [3.8, 4) is 5.75 Å². The lowest BCUT2D eigenvalue weighted by atomic mass is 10.3. The van der Waals surface area contributed by atoms with Gasteiger partial charge in [0, 0.05) is 18.9 Å². The number of rotatable bonds is 7. The molecule has 0 aliphatic heterocycles. The monoisotopic (exact) mass is 300 g/mol. The van der Waals surface area contributed by atoms with E-state index in [0.717, 1.165) is 6.07 Å². The summed E-state index contributed by atoms with van der Waals surface area (Å²) < 4.78 is 23.3. The lowest BCUT2D eigenvalue weighted by Gasteiger charge is -2.14. The Labute approximate surface area is 121 Å². The minimum atomic E-state index is -1.23. The number of nitrogens with one attached hydrogen (secondary N) is 2. The van der Waals surface area contributed by atoms with Crippen LogP contribution in [0.4, 0.5) is 14.9 Å². The molecule has 0 radical (unpaired) electrons. The van der Waals surface area contributed by atoms with Crippen LogP contribution in [0.2, 0.25) is 0 Å². The Bertz CT molecular complexity index is 509. The highest BCUT2D eigenvalue weighted by atomic mass is 19.1. The Balaban J connectivity index is 2.66. The van der Waals surface area contributed by atoms with Gasteiger partial charge in [-0.15, -0.1) is 0 Å². The van der Waals surface area contributed by atoms with E-state index in [9.17, 15) is 14.0 Å². The number of carbonyl (C=O) groups excluding carboxylic acids is 1. The van der Waals surface area contributed by atoms with E-state index in [2.05, 4.69) is 15.4 Å². The fourth-order valence-electron chi connectivity index (χ4n) is 1.52. The lowest BCUT2D eigenvalue weighted by molar-refractivity contribution is -0.140. The first kappa shape index (κ1) is 16.7. The number of methoxy groups -OCH3 is 1. The van der Waals surface area contributed by atoms with Crippen molar-refractivity contribution < 1.29 is 28.6 Å². The van der Waals surface area contributed by atoms with E-state index in [0.29, 0.717) is 6.61 Å². The molecule has 2 amide bonds. The SMILES string of the molecule is CCOc1ccc(NC(=O)NC(COC)C(=O)O)cc1F. The van der Waals surface area contributed by atoms with E-state index in [-0.39, 0.29) is 18.0 Å². The number of urea groups is 1. The molecular formula is C13H17FN2O5. The third-order valence-electron chi connectivity index (χ3n) is 2.43. The van der Waals surface area contributed by atoms with E-state index < -0.39 is 23.9 Å². The van der Waals surface area contributed by atoms with Crippen LogP contribution in [0, 0.1) is 5.82 Å². The van der Waals surface area contributed by atoms with Gasteiger partial charge in [0.15, 0.2) is 17.6 Å². The zero-order valence-corrected chi connectivity index (χ0v) is 11.7. The van der Waals surface area contributed by atoms with Crippen LogP contribution in [-0.4, -0.2) is 43.5 Å². The predicted molar refractivity (Wildman–Crippen MR) is 73.0 cm³/mol. The van der Waals surface area contributed by atoms with Gasteiger partial charge in [0.2, 0.25) is 0 Å². The van der Waals surface area contributed by atoms with Crippen LogP contribution in [0.1, 0.15) is 6.92 Å². The number of halogens is 1. The Morgan fingerprint density at radius 3 is 2.67 bits per heavy atom. The number of hydrogen-bond acceptors (Lipinski definition) is 4. The maximum atomic E-state index is 13.6. The third-order valence-corrected chi connectivity index (χ3v) is 2.43. The van der Waals surface area contributed by atoms with Gasteiger partial charge in [0.25, 0.3) is 0 Å². The Kier molecular flexibility index (Phi) is 6.41. The van der Waals surface area contributed by atoms with Crippen LogP contribution in [0.3, 0.4) is 0 Å². The van der Waals surface area contributed by atoms with Gasteiger partial charge >= 0.3 is 12.0 Å². The minimum absolute atomic E-state index is 0.0752. The summed E-state index contributed by atoms with van der Waals surface area (Å²) in [6.45, 7) is 1.86. The van der Waals surface area contributed by atoms with Crippen LogP contribution in [0.25, 0.3) is 0 Å². The Hall–Kier alpha value is -2.35. The number of carbonyl (C=O) groups is 2. The summed E-state index contributed by atoms with van der Waals surface area (Å²) in [7, 11) is 1.32. The van der Waals surface area contributed by atoms with Gasteiger partial charge in [-0.05, 0) is 19.1 Å². The molecule has 21 heavy (non-hydrogen) atoms. The van der Waals surface area contributed by atoms with Gasteiger partial charge in [-0.1, -0.05) is 0 Å². The van der Waals surface area contributed by atoms with Gasteiger partial charge in [-0.2, -0.15) is 0 Å². The second-order valence-electron chi connectivity index (χ2n) is 4.02. The summed E-state index contributed by atoms with van der Waals surface area (Å²) in [5.41, 5.74) is 0.176. The first-order chi connectivity index (χ1) is 9.97. The van der Waals surface area contributed by atoms with Crippen LogP contribution in [0.5, 0.6) is 5.75 Å². The number of amides is 2. The molecule has 0 bridgehead atoms. The maximum Gasteiger partial charge on any atom is 0.328 e. The van der Waals surface area contributed by atoms with Gasteiger partial charge in [-0.25, -0.2) is 14.0 Å². The molecule has 1 rings (SSSR count). The molecule has 1 unspecified atom stereocenters. The first-order valence-electron chi connectivity index (χ1n) is 6.19. The van der Waals surface area contributed by atoms with Crippen molar-refractivity contribution in [2.45, 2.75) is 13.0 Å². The summed E-state index contributed by atoms with van der Waals surface area (Å²) >= 11 is 0. The third kappa shape index (κ3) is 5.27. The van der Waals surface area contributed by atoms with E-state index in [1.807, 2.05) is 0 Å². The van der Waals surface area contributed by atoms with Crippen molar-refractivity contribution in [3.05, 3.63) is 24.0 Å². The average molecular weight is 300 g/mol. The summed E-state index contributed by atoms with van der Waals surface area (Å²) in [5, 5.41) is 13.4. The normalized spacial score (nSPS) is 11.6. The number of ether oxygens (including phenoxy) is 2. The highest BCUT2D eigenvalue weighted by Gasteiger charge is 2.19. The standard InChI is InChI=1S/C13H17FN2O5/c1-3-21-11-5-4-8(6-9(11)14)15-13(19)16-10(7-20-2)12(17)18/h4-6,10H,3,7H2,1-2H3,(H,17,18)(H2,15,16,19). The van der Waals surface area contributed by atoms with Crippen molar-refractivity contribution in [2.75, 3.05) is 25.6 Å². The Morgan fingerprint density at radius 2 is 2.14 bits per heavy atom. The molecule has 1 aromatic carbocycles. The quantitative estimate of drug-likeness (QED) is 0.708. The van der Waals surface area contributed by atoms with Crippen LogP contribution >= 0.6 is 0 Å². The van der Waals surface area contributed by atoms with Crippen molar-refractivity contribution in [3.63, 3.8) is 0 Å². The highest BCUT2D eigenvalue weighted by molar-refractivity contribution is 5.92. The van der Waals surface area contributed by atoms with Crippen LogP contribution in [0.15, 0.2) is 18.2 Å². The van der Waals surface area contributed by atoms with E-state index in [1.165, 1.54) is 19.2 Å². The zero-order valence-electron chi connectivity index (χ0n) is 11.7. The molecule has 0 aliphatic carbocycles. The highest BCUT2D eigenvalue weighted by Crippen LogP contribution is 2.21. The van der Waals surface area contributed by atoms with Crippen molar-refractivity contribution in [2.24, 2.45) is 0 Å². The molecular weight excluding hydrogens is 283 g/mol. The molecule has 0 aromatic heterocycles. The lowest BCUT2D eigenvalue weighted by Crippen LogP contribution is -2.45. The molecule has 3 N–H and O–H groups in total. The minimum Gasteiger partial charge on any atom is -0.491 e. The van der Waals surface area contributed by atoms with E-state index in [4.69, 9.17) is 9.84 Å². The Morgan fingerprint density at radius 1 is 1.43 bits per heavy atom. The summed E-state index contributed by atoms with van der Waals surface area (Å²) in [5.74, 6) is -1.78. The van der Waals surface area contributed by atoms with Crippen molar-refractivity contribution in [1.82, 2.24) is 5.32 Å². The number of carboxylic acid groups (broad SMARTS) is 1.